The number of carbonyl (C=O) groups excluding carboxylic acids is 2. The second-order valence-corrected chi connectivity index (χ2v) is 6.56. The van der Waals surface area contributed by atoms with Gasteiger partial charge in [0.1, 0.15) is 0 Å². The van der Waals surface area contributed by atoms with Crippen molar-refractivity contribution in [3.63, 3.8) is 0 Å². The second kappa shape index (κ2) is 8.30. The first-order valence-electron chi connectivity index (χ1n) is 7.73. The van der Waals surface area contributed by atoms with Crippen LogP contribution in [0.2, 0.25) is 0 Å². The van der Waals surface area contributed by atoms with Crippen molar-refractivity contribution in [3.8, 4) is 11.1 Å². The molecule has 0 aliphatic heterocycles. The number of carbonyl (C=O) groups is 2. The van der Waals surface area contributed by atoms with E-state index in [1.165, 1.54) is 0 Å². The number of hydrogen-bond donors (Lipinski definition) is 0. The van der Waals surface area contributed by atoms with Gasteiger partial charge in [-0.25, -0.2) is 14.5 Å². The lowest BCUT2D eigenvalue weighted by Gasteiger charge is -2.16. The molecule has 0 aliphatic carbocycles. The molecule has 0 aromatic heterocycles. The molecule has 0 heterocycles. The Morgan fingerprint density at radius 2 is 1.44 bits per heavy atom. The summed E-state index contributed by atoms with van der Waals surface area (Å²) in [5, 5.41) is 4.17. The van der Waals surface area contributed by atoms with Crippen LogP contribution in [-0.2, 0) is 19.6 Å². The van der Waals surface area contributed by atoms with Crippen molar-refractivity contribution in [2.24, 2.45) is 5.41 Å². The molecule has 2 aromatic carbocycles. The van der Waals surface area contributed by atoms with E-state index in [-0.39, 0.29) is 17.6 Å². The predicted octanol–water partition coefficient (Wildman–Crippen LogP) is 4.56. The van der Waals surface area contributed by atoms with Crippen molar-refractivity contribution in [3.05, 3.63) is 60.2 Å². The van der Waals surface area contributed by atoms with Gasteiger partial charge in [-0.3, -0.25) is 4.89 Å². The lowest BCUT2D eigenvalue weighted by Crippen LogP contribution is -2.19. The van der Waals surface area contributed by atoms with Crippen molar-refractivity contribution in [2.75, 3.05) is 6.61 Å². The van der Waals surface area contributed by atoms with Crippen LogP contribution >= 0.6 is 0 Å². The molecule has 0 aliphatic rings. The fourth-order valence-corrected chi connectivity index (χ4v) is 1.85. The van der Waals surface area contributed by atoms with Crippen molar-refractivity contribution < 1.29 is 29.1 Å². The molecule has 0 atom stereocenters. The summed E-state index contributed by atoms with van der Waals surface area (Å²) in [4.78, 5) is 31.7. The van der Waals surface area contributed by atoms with Gasteiger partial charge in [-0.15, -0.1) is 0 Å². The average Bonchev–Trinajstić information content (AvgIpc) is 2.60. The van der Waals surface area contributed by atoms with Crippen molar-refractivity contribution >= 4 is 12.1 Å². The van der Waals surface area contributed by atoms with Crippen molar-refractivity contribution in [1.29, 1.82) is 0 Å². The monoisotopic (exact) mass is 344 g/mol. The Kier molecular flexibility index (Phi) is 6.14. The second-order valence-electron chi connectivity index (χ2n) is 6.56. The van der Waals surface area contributed by atoms with Gasteiger partial charge >= 0.3 is 12.1 Å². The molecule has 6 heteroatoms. The van der Waals surface area contributed by atoms with Gasteiger partial charge in [0.05, 0.1) is 17.2 Å². The molecule has 0 N–H and O–H groups in total. The van der Waals surface area contributed by atoms with Gasteiger partial charge in [0.2, 0.25) is 0 Å². The van der Waals surface area contributed by atoms with E-state index in [0.29, 0.717) is 0 Å². The molecule has 6 nitrogen and oxygen atoms in total. The van der Waals surface area contributed by atoms with E-state index >= 15 is 0 Å². The van der Waals surface area contributed by atoms with E-state index in [4.69, 9.17) is 4.74 Å². The average molecular weight is 344 g/mol. The van der Waals surface area contributed by atoms with Crippen LogP contribution in [0.1, 0.15) is 31.1 Å². The smallest absolute Gasteiger partial charge is 0.432 e. The topological polar surface area (TPSA) is 71.1 Å². The molecule has 0 saturated heterocycles. The van der Waals surface area contributed by atoms with E-state index in [0.717, 1.165) is 11.1 Å². The van der Waals surface area contributed by atoms with Crippen LogP contribution < -0.4 is 0 Å². The minimum atomic E-state index is -1.08. The van der Waals surface area contributed by atoms with Crippen LogP contribution in [0.4, 0.5) is 4.79 Å². The summed E-state index contributed by atoms with van der Waals surface area (Å²) in [5.41, 5.74) is 2.03. The van der Waals surface area contributed by atoms with E-state index in [1.54, 1.807) is 24.3 Å². The molecule has 0 spiro atoms. The molecule has 0 unspecified atom stereocenters. The third-order valence-electron chi connectivity index (χ3n) is 3.06. The lowest BCUT2D eigenvalue weighted by molar-refractivity contribution is -0.452. The largest absolute Gasteiger partial charge is 0.543 e. The van der Waals surface area contributed by atoms with Gasteiger partial charge in [-0.05, 0) is 28.7 Å². The van der Waals surface area contributed by atoms with Crippen molar-refractivity contribution in [1.82, 2.24) is 0 Å². The van der Waals surface area contributed by atoms with E-state index in [9.17, 15) is 9.59 Å². The first-order chi connectivity index (χ1) is 11.8. The third-order valence-corrected chi connectivity index (χ3v) is 3.06. The summed E-state index contributed by atoms with van der Waals surface area (Å²) >= 11 is 0. The minimum Gasteiger partial charge on any atom is -0.432 e. The lowest BCUT2D eigenvalue weighted by atomic mass is 9.99. The van der Waals surface area contributed by atoms with E-state index in [1.807, 2.05) is 51.1 Å². The SMILES string of the molecule is CC(C)(C)COC(=O)OOOC(=O)c1ccc(-c2ccccc2)cc1. The maximum atomic E-state index is 11.8. The first kappa shape index (κ1) is 18.5. The quantitative estimate of drug-likeness (QED) is 0.450. The summed E-state index contributed by atoms with van der Waals surface area (Å²) in [6.45, 7) is 5.81. The molecule has 25 heavy (non-hydrogen) atoms. The maximum Gasteiger partial charge on any atom is 0.543 e. The van der Waals surface area contributed by atoms with Gasteiger partial charge in [0.15, 0.2) is 0 Å². The van der Waals surface area contributed by atoms with Gasteiger partial charge in [-0.1, -0.05) is 63.2 Å². The Balaban J connectivity index is 1.80. The van der Waals surface area contributed by atoms with Gasteiger partial charge < -0.3 is 4.74 Å². The first-order valence-corrected chi connectivity index (χ1v) is 7.73. The molecule has 0 amide bonds. The molecule has 0 bridgehead atoms. The normalized spacial score (nSPS) is 10.8. The molecule has 2 aromatic rings. The maximum absolute atomic E-state index is 11.8. The highest BCUT2D eigenvalue weighted by atomic mass is 17.5. The zero-order valence-electron chi connectivity index (χ0n) is 14.4. The van der Waals surface area contributed by atoms with Gasteiger partial charge in [0.25, 0.3) is 0 Å². The zero-order valence-corrected chi connectivity index (χ0v) is 14.4. The zero-order chi connectivity index (χ0) is 18.3. The predicted molar refractivity (Wildman–Crippen MR) is 90.3 cm³/mol. The summed E-state index contributed by atoms with van der Waals surface area (Å²) in [6.07, 6.45) is -1.08. The van der Waals surface area contributed by atoms with Crippen LogP contribution in [0.3, 0.4) is 0 Å². The van der Waals surface area contributed by atoms with Crippen molar-refractivity contribution in [2.45, 2.75) is 20.8 Å². The molecule has 2 rings (SSSR count). The van der Waals surface area contributed by atoms with Crippen LogP contribution in [0.15, 0.2) is 54.6 Å². The molecule has 0 radical (unpaired) electrons. The van der Waals surface area contributed by atoms with Crippen LogP contribution in [0, 0.1) is 5.41 Å². The Labute approximate surface area is 146 Å². The van der Waals surface area contributed by atoms with Gasteiger partial charge in [0, 0.05) is 0 Å². The van der Waals surface area contributed by atoms with Crippen LogP contribution in [0.5, 0.6) is 0 Å². The molecular formula is C19H20O6. The van der Waals surface area contributed by atoms with Gasteiger partial charge in [-0.2, -0.15) is 0 Å². The highest BCUT2D eigenvalue weighted by molar-refractivity contribution is 5.89. The highest BCUT2D eigenvalue weighted by Gasteiger charge is 2.16. The molecule has 132 valence electrons. The number of benzene rings is 2. The van der Waals surface area contributed by atoms with E-state index in [2.05, 4.69) is 14.8 Å². The highest BCUT2D eigenvalue weighted by Crippen LogP contribution is 2.19. The fourth-order valence-electron chi connectivity index (χ4n) is 1.85. The third kappa shape index (κ3) is 6.27. The summed E-state index contributed by atoms with van der Waals surface area (Å²) in [5.74, 6) is -0.789. The Morgan fingerprint density at radius 3 is 2.04 bits per heavy atom. The summed E-state index contributed by atoms with van der Waals surface area (Å²) in [6, 6.07) is 16.5. The Hall–Kier alpha value is -2.86. The van der Waals surface area contributed by atoms with Crippen LogP contribution in [-0.4, -0.2) is 18.7 Å². The van der Waals surface area contributed by atoms with E-state index < -0.39 is 12.1 Å². The Morgan fingerprint density at radius 1 is 0.840 bits per heavy atom. The minimum absolute atomic E-state index is 0.143. The number of hydrogen-bond acceptors (Lipinski definition) is 6. The molecule has 0 fully saturated rings. The fraction of sp³-hybridized carbons (Fsp3) is 0.263. The summed E-state index contributed by atoms with van der Waals surface area (Å²) < 4.78 is 4.78. The molecular weight excluding hydrogens is 324 g/mol. The Bertz CT molecular complexity index is 701. The molecule has 0 saturated carbocycles. The van der Waals surface area contributed by atoms with Crippen LogP contribution in [0.25, 0.3) is 11.1 Å². The number of rotatable bonds is 5. The standard InChI is InChI=1S/C19H20O6/c1-19(2,3)13-22-18(21)24-25-23-17(20)16-11-9-15(10-12-16)14-7-5-4-6-8-14/h4-12H,13H2,1-3H3. The number of ether oxygens (including phenoxy) is 1. The summed E-state index contributed by atoms with van der Waals surface area (Å²) in [7, 11) is 0.